The first-order valence-corrected chi connectivity index (χ1v) is 7.08. The highest BCUT2D eigenvalue weighted by Gasteiger charge is 2.01. The lowest BCUT2D eigenvalue weighted by atomic mass is 10.2. The van der Waals surface area contributed by atoms with Crippen LogP contribution < -0.4 is 5.56 Å². The molecule has 0 aliphatic carbocycles. The van der Waals surface area contributed by atoms with Crippen LogP contribution in [0.5, 0.6) is 5.75 Å². The fraction of sp³-hybridized carbons (Fsp3) is 0. The number of H-pyrrole nitrogens is 1. The number of rotatable bonds is 2. The fourth-order valence-electron chi connectivity index (χ4n) is 1.99. The minimum absolute atomic E-state index is 0.160. The van der Waals surface area contributed by atoms with Gasteiger partial charge in [-0.2, -0.15) is 0 Å². The van der Waals surface area contributed by atoms with Crippen molar-refractivity contribution in [2.45, 2.75) is 0 Å². The maximum atomic E-state index is 11.9. The molecule has 3 aromatic rings. The average molecular weight is 343 g/mol. The molecule has 2 N–H and O–H groups in total. The molecule has 4 nitrogen and oxygen atoms in total. The van der Waals surface area contributed by atoms with Gasteiger partial charge in [0.1, 0.15) is 11.6 Å². The van der Waals surface area contributed by atoms with Crippen LogP contribution in [0.3, 0.4) is 0 Å². The number of aromatic hydroxyl groups is 1. The van der Waals surface area contributed by atoms with Crippen LogP contribution in [0.25, 0.3) is 23.1 Å². The first-order valence-electron chi connectivity index (χ1n) is 6.29. The van der Waals surface area contributed by atoms with Gasteiger partial charge in [0.05, 0.1) is 15.4 Å². The highest BCUT2D eigenvalue weighted by molar-refractivity contribution is 9.10. The molecule has 0 radical (unpaired) electrons. The maximum absolute atomic E-state index is 11.9. The lowest BCUT2D eigenvalue weighted by Gasteiger charge is -2.00. The van der Waals surface area contributed by atoms with Gasteiger partial charge in [-0.15, -0.1) is 0 Å². The summed E-state index contributed by atoms with van der Waals surface area (Å²) in [5, 5.41) is 10.0. The third kappa shape index (κ3) is 2.87. The smallest absolute Gasteiger partial charge is 0.259 e. The Hall–Kier alpha value is -2.40. The Morgan fingerprint density at radius 3 is 2.76 bits per heavy atom. The molecule has 0 aliphatic heterocycles. The molecular formula is C16H11BrN2O2. The Morgan fingerprint density at radius 1 is 1.14 bits per heavy atom. The Morgan fingerprint density at radius 2 is 1.95 bits per heavy atom. The number of nitrogens with one attached hydrogen (secondary N) is 1. The van der Waals surface area contributed by atoms with Crippen LogP contribution in [-0.2, 0) is 0 Å². The van der Waals surface area contributed by atoms with Crippen molar-refractivity contribution in [3.8, 4) is 5.75 Å². The van der Waals surface area contributed by atoms with Gasteiger partial charge < -0.3 is 10.1 Å². The standard InChI is InChI=1S/C16H11BrN2O2/c17-12-9-10(5-7-14(12)20)6-8-15-18-13-4-2-1-3-11(13)16(21)19-15/h1-9,20H,(H,18,19,21). The second kappa shape index (κ2) is 5.54. The Balaban J connectivity index is 1.99. The molecule has 1 aromatic heterocycles. The second-order valence-electron chi connectivity index (χ2n) is 4.51. The SMILES string of the molecule is O=c1[nH]c(C=Cc2ccc(O)c(Br)c2)nc2ccccc12. The summed E-state index contributed by atoms with van der Waals surface area (Å²) in [4.78, 5) is 19.1. The molecular weight excluding hydrogens is 332 g/mol. The van der Waals surface area contributed by atoms with E-state index in [0.717, 1.165) is 5.56 Å². The van der Waals surface area contributed by atoms with Crippen molar-refractivity contribution in [1.82, 2.24) is 9.97 Å². The minimum atomic E-state index is -0.160. The lowest BCUT2D eigenvalue weighted by molar-refractivity contribution is 0.472. The van der Waals surface area contributed by atoms with Crippen molar-refractivity contribution in [3.63, 3.8) is 0 Å². The van der Waals surface area contributed by atoms with E-state index in [1.165, 1.54) is 0 Å². The predicted octanol–water partition coefficient (Wildman–Crippen LogP) is 3.56. The van der Waals surface area contributed by atoms with Crippen LogP contribution in [0.4, 0.5) is 0 Å². The van der Waals surface area contributed by atoms with E-state index in [9.17, 15) is 9.90 Å². The van der Waals surface area contributed by atoms with Gasteiger partial charge in [0, 0.05) is 0 Å². The van der Waals surface area contributed by atoms with Crippen molar-refractivity contribution in [1.29, 1.82) is 0 Å². The van der Waals surface area contributed by atoms with E-state index in [0.29, 0.717) is 21.2 Å². The van der Waals surface area contributed by atoms with E-state index in [1.807, 2.05) is 18.2 Å². The van der Waals surface area contributed by atoms with Gasteiger partial charge >= 0.3 is 0 Å². The summed E-state index contributed by atoms with van der Waals surface area (Å²) in [7, 11) is 0. The first kappa shape index (κ1) is 13.6. The number of fused-ring (bicyclic) bond motifs is 1. The molecule has 104 valence electrons. The van der Waals surface area contributed by atoms with Gasteiger partial charge in [-0.25, -0.2) is 4.98 Å². The van der Waals surface area contributed by atoms with E-state index in [-0.39, 0.29) is 11.3 Å². The van der Waals surface area contributed by atoms with Crippen LogP contribution in [0.2, 0.25) is 0 Å². The van der Waals surface area contributed by atoms with E-state index in [4.69, 9.17) is 0 Å². The van der Waals surface area contributed by atoms with E-state index < -0.39 is 0 Å². The highest BCUT2D eigenvalue weighted by Crippen LogP contribution is 2.25. The van der Waals surface area contributed by atoms with Crippen LogP contribution in [0.1, 0.15) is 11.4 Å². The monoisotopic (exact) mass is 342 g/mol. The average Bonchev–Trinajstić information content (AvgIpc) is 2.49. The van der Waals surface area contributed by atoms with E-state index in [1.54, 1.807) is 36.4 Å². The third-order valence-electron chi connectivity index (χ3n) is 3.04. The summed E-state index contributed by atoms with van der Waals surface area (Å²) < 4.78 is 0.615. The fourth-order valence-corrected chi connectivity index (χ4v) is 2.38. The van der Waals surface area contributed by atoms with E-state index >= 15 is 0 Å². The molecule has 0 spiro atoms. The van der Waals surface area contributed by atoms with Crippen molar-refractivity contribution >= 4 is 39.0 Å². The molecule has 0 bridgehead atoms. The van der Waals surface area contributed by atoms with Gasteiger partial charge in [-0.05, 0) is 51.8 Å². The molecule has 0 saturated heterocycles. The highest BCUT2D eigenvalue weighted by atomic mass is 79.9. The van der Waals surface area contributed by atoms with Crippen molar-refractivity contribution < 1.29 is 5.11 Å². The Labute approximate surface area is 128 Å². The van der Waals surface area contributed by atoms with Crippen molar-refractivity contribution in [2.24, 2.45) is 0 Å². The molecule has 21 heavy (non-hydrogen) atoms. The molecule has 0 amide bonds. The number of phenolic OH excluding ortho intramolecular Hbond substituents is 1. The maximum Gasteiger partial charge on any atom is 0.259 e. The molecule has 1 heterocycles. The largest absolute Gasteiger partial charge is 0.507 e. The van der Waals surface area contributed by atoms with Crippen molar-refractivity contribution in [3.05, 3.63) is 68.7 Å². The zero-order valence-electron chi connectivity index (χ0n) is 10.9. The third-order valence-corrected chi connectivity index (χ3v) is 3.67. The number of benzene rings is 2. The lowest BCUT2D eigenvalue weighted by Crippen LogP contribution is -2.09. The number of phenols is 1. The molecule has 5 heteroatoms. The number of para-hydroxylation sites is 1. The van der Waals surface area contributed by atoms with Crippen LogP contribution in [-0.4, -0.2) is 15.1 Å². The van der Waals surface area contributed by atoms with Gasteiger partial charge in [0.15, 0.2) is 0 Å². The molecule has 2 aromatic carbocycles. The molecule has 0 saturated carbocycles. The zero-order valence-corrected chi connectivity index (χ0v) is 12.5. The van der Waals surface area contributed by atoms with Gasteiger partial charge in [-0.1, -0.05) is 24.3 Å². The topological polar surface area (TPSA) is 66.0 Å². The van der Waals surface area contributed by atoms with Crippen LogP contribution in [0.15, 0.2) is 51.7 Å². The van der Waals surface area contributed by atoms with Gasteiger partial charge in [-0.3, -0.25) is 4.79 Å². The number of hydrogen-bond acceptors (Lipinski definition) is 3. The summed E-state index contributed by atoms with van der Waals surface area (Å²) in [6.07, 6.45) is 3.55. The summed E-state index contributed by atoms with van der Waals surface area (Å²) in [6, 6.07) is 12.4. The number of halogens is 1. The summed E-state index contributed by atoms with van der Waals surface area (Å²) in [5.74, 6) is 0.673. The second-order valence-corrected chi connectivity index (χ2v) is 5.37. The summed E-state index contributed by atoms with van der Waals surface area (Å²) in [5.41, 5.74) is 1.38. The van der Waals surface area contributed by atoms with Gasteiger partial charge in [0.25, 0.3) is 5.56 Å². The number of hydrogen-bond donors (Lipinski definition) is 2. The number of aromatic amines is 1. The summed E-state index contributed by atoms with van der Waals surface area (Å²) in [6.45, 7) is 0. The summed E-state index contributed by atoms with van der Waals surface area (Å²) >= 11 is 3.26. The Kier molecular flexibility index (Phi) is 3.58. The predicted molar refractivity (Wildman–Crippen MR) is 87.1 cm³/mol. The van der Waals surface area contributed by atoms with Gasteiger partial charge in [0.2, 0.25) is 0 Å². The molecule has 0 fully saturated rings. The van der Waals surface area contributed by atoms with Crippen LogP contribution >= 0.6 is 15.9 Å². The van der Waals surface area contributed by atoms with Crippen LogP contribution in [0, 0.1) is 0 Å². The first-order chi connectivity index (χ1) is 10.1. The quantitative estimate of drug-likeness (QED) is 0.748. The molecule has 0 unspecified atom stereocenters. The molecule has 3 rings (SSSR count). The normalized spacial score (nSPS) is 11.3. The van der Waals surface area contributed by atoms with E-state index in [2.05, 4.69) is 25.9 Å². The number of aromatic nitrogens is 2. The Bertz CT molecular complexity index is 900. The molecule has 0 atom stereocenters. The van der Waals surface area contributed by atoms with Crippen molar-refractivity contribution in [2.75, 3.05) is 0 Å². The molecule has 0 aliphatic rings. The zero-order chi connectivity index (χ0) is 14.8. The number of nitrogens with zero attached hydrogens (tertiary/aromatic N) is 1. The minimum Gasteiger partial charge on any atom is -0.507 e.